The lowest BCUT2D eigenvalue weighted by atomic mass is 10.2. The Bertz CT molecular complexity index is 982. The van der Waals surface area contributed by atoms with Crippen molar-refractivity contribution in [2.24, 2.45) is 0 Å². The Labute approximate surface area is 173 Å². The summed E-state index contributed by atoms with van der Waals surface area (Å²) in [7, 11) is 0. The van der Waals surface area contributed by atoms with Crippen LogP contribution in [0.25, 0.3) is 0 Å². The van der Waals surface area contributed by atoms with Crippen molar-refractivity contribution in [2.45, 2.75) is 29.5 Å². The third-order valence-corrected chi connectivity index (χ3v) is 5.46. The van der Waals surface area contributed by atoms with Gasteiger partial charge >= 0.3 is 6.03 Å². The molecule has 6 nitrogen and oxygen atoms in total. The lowest BCUT2D eigenvalue weighted by Crippen LogP contribution is -2.30. The molecule has 29 heavy (non-hydrogen) atoms. The Morgan fingerprint density at radius 3 is 2.31 bits per heavy atom. The number of urea groups is 1. The molecule has 0 aliphatic heterocycles. The molecule has 1 heterocycles. The second-order valence-corrected chi connectivity index (χ2v) is 7.83. The minimum atomic E-state index is -0.300. The van der Waals surface area contributed by atoms with Crippen LogP contribution in [0.15, 0.2) is 76.2 Å². The van der Waals surface area contributed by atoms with Gasteiger partial charge in [0.2, 0.25) is 0 Å². The number of benzene rings is 2. The van der Waals surface area contributed by atoms with E-state index in [2.05, 4.69) is 16.0 Å². The highest BCUT2D eigenvalue weighted by Crippen LogP contribution is 2.25. The highest BCUT2D eigenvalue weighted by molar-refractivity contribution is 7.98. The van der Waals surface area contributed by atoms with Gasteiger partial charge < -0.3 is 20.4 Å². The van der Waals surface area contributed by atoms with Crippen molar-refractivity contribution in [2.75, 3.05) is 10.6 Å². The monoisotopic (exact) mass is 407 g/mol. The van der Waals surface area contributed by atoms with Crippen LogP contribution in [-0.2, 0) is 5.75 Å². The van der Waals surface area contributed by atoms with Crippen LogP contribution in [0.3, 0.4) is 0 Å². The van der Waals surface area contributed by atoms with Crippen molar-refractivity contribution in [3.8, 4) is 0 Å². The average molecular weight is 407 g/mol. The molecule has 0 unspecified atom stereocenters. The van der Waals surface area contributed by atoms with Crippen LogP contribution in [0, 0.1) is 0 Å². The Morgan fingerprint density at radius 1 is 0.931 bits per heavy atom. The number of furan rings is 1. The summed E-state index contributed by atoms with van der Waals surface area (Å²) in [6.07, 6.45) is 3.61. The van der Waals surface area contributed by atoms with E-state index < -0.39 is 0 Å². The maximum absolute atomic E-state index is 12.6. The predicted molar refractivity (Wildman–Crippen MR) is 114 cm³/mol. The number of hydrogen-bond acceptors (Lipinski definition) is 4. The number of carbonyl (C=O) groups is 2. The Morgan fingerprint density at radius 2 is 1.62 bits per heavy atom. The zero-order chi connectivity index (χ0) is 20.1. The summed E-state index contributed by atoms with van der Waals surface area (Å²) < 4.78 is 5.42. The van der Waals surface area contributed by atoms with E-state index in [9.17, 15) is 9.59 Å². The molecule has 4 rings (SSSR count). The van der Waals surface area contributed by atoms with Crippen molar-refractivity contribution >= 4 is 35.1 Å². The normalized spacial score (nSPS) is 13.0. The first kappa shape index (κ1) is 19.1. The maximum atomic E-state index is 12.6. The zero-order valence-corrected chi connectivity index (χ0v) is 16.5. The van der Waals surface area contributed by atoms with E-state index in [4.69, 9.17) is 4.42 Å². The molecular formula is C22H21N3O3S. The first-order chi connectivity index (χ1) is 14.2. The van der Waals surface area contributed by atoms with Crippen molar-refractivity contribution in [3.63, 3.8) is 0 Å². The van der Waals surface area contributed by atoms with Crippen molar-refractivity contribution < 1.29 is 14.0 Å². The molecule has 1 aromatic heterocycles. The molecule has 0 atom stereocenters. The van der Waals surface area contributed by atoms with Crippen LogP contribution < -0.4 is 16.0 Å². The Hall–Kier alpha value is -3.19. The quantitative estimate of drug-likeness (QED) is 0.475. The van der Waals surface area contributed by atoms with Gasteiger partial charge in [-0.3, -0.25) is 4.79 Å². The van der Waals surface area contributed by atoms with Crippen LogP contribution in [-0.4, -0.2) is 18.0 Å². The minimum absolute atomic E-state index is 0.208. The number of hydrogen-bond donors (Lipinski definition) is 3. The first-order valence-corrected chi connectivity index (χ1v) is 10.4. The van der Waals surface area contributed by atoms with E-state index in [1.54, 1.807) is 36.0 Å². The molecule has 3 N–H and O–H groups in total. The molecule has 7 heteroatoms. The summed E-state index contributed by atoms with van der Waals surface area (Å²) in [5.74, 6) is 0.646. The highest BCUT2D eigenvalue weighted by atomic mass is 32.2. The number of nitrogens with one attached hydrogen (secondary N) is 3. The van der Waals surface area contributed by atoms with Crippen molar-refractivity contribution in [1.82, 2.24) is 5.32 Å². The van der Waals surface area contributed by atoms with Gasteiger partial charge in [-0.2, -0.15) is 0 Å². The Kier molecular flexibility index (Phi) is 5.86. The predicted octanol–water partition coefficient (Wildman–Crippen LogP) is 5.11. The topological polar surface area (TPSA) is 83.4 Å². The molecule has 148 valence electrons. The molecule has 2 aromatic carbocycles. The molecule has 0 bridgehead atoms. The van der Waals surface area contributed by atoms with Gasteiger partial charge in [-0.15, -0.1) is 11.8 Å². The number of anilines is 2. The number of amides is 3. The lowest BCUT2D eigenvalue weighted by Gasteiger charge is -2.09. The summed E-state index contributed by atoms with van der Waals surface area (Å²) in [5, 5.41) is 8.48. The van der Waals surface area contributed by atoms with E-state index in [-0.39, 0.29) is 11.9 Å². The number of thioether (sulfide) groups is 1. The molecule has 0 saturated heterocycles. The Balaban J connectivity index is 1.33. The van der Waals surface area contributed by atoms with Crippen molar-refractivity contribution in [1.29, 1.82) is 0 Å². The maximum Gasteiger partial charge on any atom is 0.319 e. The largest absolute Gasteiger partial charge is 0.459 e. The van der Waals surface area contributed by atoms with Crippen LogP contribution >= 0.6 is 11.8 Å². The highest BCUT2D eigenvalue weighted by Gasteiger charge is 2.23. The molecule has 0 radical (unpaired) electrons. The number of rotatable bonds is 7. The van der Waals surface area contributed by atoms with Gasteiger partial charge in [-0.25, -0.2) is 4.79 Å². The summed E-state index contributed by atoms with van der Waals surface area (Å²) >= 11 is 1.65. The van der Waals surface area contributed by atoms with E-state index in [1.165, 1.54) is 6.26 Å². The molecule has 1 aliphatic rings. The second kappa shape index (κ2) is 8.87. The first-order valence-electron chi connectivity index (χ1n) is 9.40. The molecule has 0 spiro atoms. The van der Waals surface area contributed by atoms with E-state index in [0.717, 1.165) is 23.3 Å². The molecule has 3 amide bonds. The summed E-state index contributed by atoms with van der Waals surface area (Å²) in [4.78, 5) is 25.5. The smallest absolute Gasteiger partial charge is 0.319 e. The fourth-order valence-electron chi connectivity index (χ4n) is 2.73. The standard InChI is InChI=1S/C22H21N3O3S/c26-21(20-15(12-13-28-20)14-29-19-4-2-1-3-5-19)23-16-6-8-17(9-7-16)24-22(27)25-18-10-11-18/h1-9,12-13,18H,10-11,14H2,(H,23,26)(H2,24,25,27). The third kappa shape index (κ3) is 5.42. The lowest BCUT2D eigenvalue weighted by molar-refractivity contribution is 0.0995. The molecule has 1 aliphatic carbocycles. The van der Waals surface area contributed by atoms with Gasteiger partial charge in [0, 0.05) is 33.6 Å². The molecule has 1 saturated carbocycles. The SMILES string of the molecule is O=C(Nc1ccc(NC(=O)c2occc2CSc2ccccc2)cc1)NC1CC1. The third-order valence-electron chi connectivity index (χ3n) is 4.40. The fourth-order valence-corrected chi connectivity index (χ4v) is 3.63. The van der Waals surface area contributed by atoms with E-state index in [1.807, 2.05) is 36.4 Å². The zero-order valence-electron chi connectivity index (χ0n) is 15.7. The summed E-state index contributed by atoms with van der Waals surface area (Å²) in [6, 6.07) is 18.9. The van der Waals surface area contributed by atoms with Crippen LogP contribution in [0.1, 0.15) is 29.0 Å². The molecule has 1 fully saturated rings. The van der Waals surface area contributed by atoms with E-state index in [0.29, 0.717) is 28.9 Å². The second-order valence-electron chi connectivity index (χ2n) is 6.78. The van der Waals surface area contributed by atoms with Crippen LogP contribution in [0.5, 0.6) is 0 Å². The van der Waals surface area contributed by atoms with Gasteiger partial charge in [0.05, 0.1) is 6.26 Å². The number of carbonyl (C=O) groups excluding carboxylic acids is 2. The van der Waals surface area contributed by atoms with Gasteiger partial charge in [0.1, 0.15) is 0 Å². The van der Waals surface area contributed by atoms with Gasteiger partial charge in [-0.1, -0.05) is 18.2 Å². The van der Waals surface area contributed by atoms with Gasteiger partial charge in [0.15, 0.2) is 5.76 Å². The van der Waals surface area contributed by atoms with Crippen molar-refractivity contribution in [3.05, 3.63) is 78.3 Å². The van der Waals surface area contributed by atoms with Crippen LogP contribution in [0.4, 0.5) is 16.2 Å². The molecule has 3 aromatic rings. The van der Waals surface area contributed by atoms with Gasteiger partial charge in [-0.05, 0) is 55.3 Å². The fraction of sp³-hybridized carbons (Fsp3) is 0.182. The minimum Gasteiger partial charge on any atom is -0.459 e. The summed E-state index contributed by atoms with van der Waals surface area (Å²) in [6.45, 7) is 0. The van der Waals surface area contributed by atoms with Crippen LogP contribution in [0.2, 0.25) is 0 Å². The summed E-state index contributed by atoms with van der Waals surface area (Å²) in [5.41, 5.74) is 2.13. The average Bonchev–Trinajstić information content (AvgIpc) is 3.41. The van der Waals surface area contributed by atoms with E-state index >= 15 is 0 Å². The van der Waals surface area contributed by atoms with Gasteiger partial charge in [0.25, 0.3) is 5.91 Å². The molecular weight excluding hydrogens is 386 g/mol.